The van der Waals surface area contributed by atoms with Crippen molar-refractivity contribution in [1.82, 2.24) is 10.2 Å². The van der Waals surface area contributed by atoms with E-state index in [1.807, 2.05) is 0 Å². The quantitative estimate of drug-likeness (QED) is 0.757. The van der Waals surface area contributed by atoms with Gasteiger partial charge in [-0.1, -0.05) is 0 Å². The fourth-order valence-corrected chi connectivity index (χ4v) is 3.40. The first-order valence-corrected chi connectivity index (χ1v) is 7.70. The molecule has 116 valence electrons. The predicted octanol–water partition coefficient (Wildman–Crippen LogP) is 1.89. The average molecular weight is 284 g/mol. The molecule has 1 aliphatic carbocycles. The van der Waals surface area contributed by atoms with Crippen molar-refractivity contribution in [3.8, 4) is 0 Å². The lowest BCUT2D eigenvalue weighted by atomic mass is 9.77. The van der Waals surface area contributed by atoms with Gasteiger partial charge in [0.05, 0.1) is 18.2 Å². The summed E-state index contributed by atoms with van der Waals surface area (Å²) in [5.41, 5.74) is -0.606. The molecule has 1 saturated heterocycles. The van der Waals surface area contributed by atoms with Gasteiger partial charge in [-0.25, -0.2) is 4.79 Å². The van der Waals surface area contributed by atoms with E-state index in [4.69, 9.17) is 4.74 Å². The lowest BCUT2D eigenvalue weighted by molar-refractivity contribution is -0.0415. The molecule has 0 radical (unpaired) electrons. The average Bonchev–Trinajstić information content (AvgIpc) is 2.67. The minimum atomic E-state index is -0.384. The van der Waals surface area contributed by atoms with Crippen LogP contribution in [0.15, 0.2) is 0 Å². The van der Waals surface area contributed by atoms with E-state index in [1.54, 1.807) is 4.90 Å². The molecule has 0 spiro atoms. The van der Waals surface area contributed by atoms with Crippen molar-refractivity contribution in [3.63, 3.8) is 0 Å². The summed E-state index contributed by atoms with van der Waals surface area (Å²) in [5.74, 6) is 0. The number of hydrogen-bond donors (Lipinski definition) is 2. The molecular weight excluding hydrogens is 256 g/mol. The summed E-state index contributed by atoms with van der Waals surface area (Å²) in [4.78, 5) is 13.5. The Labute approximate surface area is 121 Å². The summed E-state index contributed by atoms with van der Waals surface area (Å²) >= 11 is 0. The number of ether oxygens (including phenoxy) is 1. The van der Waals surface area contributed by atoms with Gasteiger partial charge in [-0.3, -0.25) is 0 Å². The highest BCUT2D eigenvalue weighted by molar-refractivity contribution is 5.69. The molecule has 0 aromatic rings. The van der Waals surface area contributed by atoms with E-state index in [1.165, 1.54) is 7.11 Å². The van der Waals surface area contributed by atoms with Crippen LogP contribution in [0, 0.1) is 0 Å². The van der Waals surface area contributed by atoms with Gasteiger partial charge in [0.1, 0.15) is 0 Å². The molecule has 1 atom stereocenters. The maximum absolute atomic E-state index is 11.7. The van der Waals surface area contributed by atoms with Crippen molar-refractivity contribution in [2.45, 2.75) is 69.6 Å². The maximum Gasteiger partial charge on any atom is 0.409 e. The molecule has 1 aliphatic heterocycles. The molecule has 0 bridgehead atoms. The molecule has 20 heavy (non-hydrogen) atoms. The number of nitrogens with one attached hydrogen (secondary N) is 1. The minimum absolute atomic E-state index is 0.222. The Morgan fingerprint density at radius 2 is 2.15 bits per heavy atom. The van der Waals surface area contributed by atoms with Crippen LogP contribution < -0.4 is 5.32 Å². The van der Waals surface area contributed by atoms with E-state index in [9.17, 15) is 9.90 Å². The van der Waals surface area contributed by atoms with Gasteiger partial charge in [-0.2, -0.15) is 0 Å². The molecule has 1 unspecified atom stereocenters. The van der Waals surface area contributed by atoms with E-state index >= 15 is 0 Å². The number of amides is 1. The molecule has 1 heterocycles. The molecule has 1 saturated carbocycles. The summed E-state index contributed by atoms with van der Waals surface area (Å²) in [6, 6.07) is 0.289. The zero-order valence-electron chi connectivity index (χ0n) is 12.9. The number of rotatable bonds is 5. The zero-order chi connectivity index (χ0) is 14.8. The van der Waals surface area contributed by atoms with Gasteiger partial charge in [-0.15, -0.1) is 0 Å². The largest absolute Gasteiger partial charge is 0.453 e. The first-order valence-electron chi connectivity index (χ1n) is 7.70. The number of methoxy groups -OCH3 is 1. The molecule has 1 amide bonds. The molecule has 2 rings (SSSR count). The zero-order valence-corrected chi connectivity index (χ0v) is 12.9. The summed E-state index contributed by atoms with van der Waals surface area (Å²) in [6.45, 7) is 5.79. The highest BCUT2D eigenvalue weighted by Gasteiger charge is 2.44. The number of carbonyl (C=O) groups is 1. The Hall–Kier alpha value is -0.810. The van der Waals surface area contributed by atoms with Crippen molar-refractivity contribution < 1.29 is 14.6 Å². The van der Waals surface area contributed by atoms with Gasteiger partial charge in [0.2, 0.25) is 0 Å². The Morgan fingerprint density at radius 1 is 1.45 bits per heavy atom. The van der Waals surface area contributed by atoms with Crippen LogP contribution in [0.5, 0.6) is 0 Å². The first-order chi connectivity index (χ1) is 9.39. The van der Waals surface area contributed by atoms with Crippen LogP contribution in [0.1, 0.15) is 52.4 Å². The van der Waals surface area contributed by atoms with E-state index in [2.05, 4.69) is 19.2 Å². The van der Waals surface area contributed by atoms with Gasteiger partial charge in [0.15, 0.2) is 0 Å². The van der Waals surface area contributed by atoms with E-state index in [0.29, 0.717) is 0 Å². The topological polar surface area (TPSA) is 61.8 Å². The summed E-state index contributed by atoms with van der Waals surface area (Å²) in [5, 5.41) is 13.6. The maximum atomic E-state index is 11.7. The molecule has 2 aliphatic rings. The number of aliphatic hydroxyl groups is 1. The van der Waals surface area contributed by atoms with Gasteiger partial charge in [-0.05, 0) is 58.9 Å². The molecule has 0 aromatic carbocycles. The smallest absolute Gasteiger partial charge is 0.409 e. The van der Waals surface area contributed by atoms with Crippen LogP contribution in [0.25, 0.3) is 0 Å². The lowest BCUT2D eigenvalue weighted by Gasteiger charge is -2.37. The molecule has 0 aromatic heterocycles. The van der Waals surface area contributed by atoms with Gasteiger partial charge in [0.25, 0.3) is 0 Å². The van der Waals surface area contributed by atoms with Crippen molar-refractivity contribution in [2.75, 3.05) is 20.2 Å². The van der Waals surface area contributed by atoms with Crippen molar-refractivity contribution in [2.24, 2.45) is 0 Å². The molecule has 5 heteroatoms. The van der Waals surface area contributed by atoms with Crippen molar-refractivity contribution >= 4 is 6.09 Å². The van der Waals surface area contributed by atoms with Gasteiger partial charge < -0.3 is 20.1 Å². The summed E-state index contributed by atoms with van der Waals surface area (Å²) < 4.78 is 4.84. The Bertz CT molecular complexity index is 353. The molecule has 2 fully saturated rings. The first kappa shape index (κ1) is 15.6. The molecule has 5 nitrogen and oxygen atoms in total. The standard InChI is InChI=1S/C15H28N2O3/c1-14(2)12(6-11-17(14)13(18)20-3)16-10-5-9-15(19)7-4-8-15/h12,16,19H,4-11H2,1-3H3. The van der Waals surface area contributed by atoms with Gasteiger partial charge >= 0.3 is 6.09 Å². The normalized spacial score (nSPS) is 27.2. The van der Waals surface area contributed by atoms with Crippen molar-refractivity contribution in [3.05, 3.63) is 0 Å². The third-order valence-electron chi connectivity index (χ3n) is 5.08. The van der Waals surface area contributed by atoms with E-state index in [0.717, 1.165) is 51.6 Å². The van der Waals surface area contributed by atoms with Crippen molar-refractivity contribution in [1.29, 1.82) is 0 Å². The van der Waals surface area contributed by atoms with Crippen LogP contribution in [0.3, 0.4) is 0 Å². The second-order valence-corrected chi connectivity index (χ2v) is 6.75. The van der Waals surface area contributed by atoms with Gasteiger partial charge in [0, 0.05) is 12.6 Å². The number of carbonyl (C=O) groups excluding carboxylic acids is 1. The predicted molar refractivity (Wildman–Crippen MR) is 77.6 cm³/mol. The van der Waals surface area contributed by atoms with Crippen LogP contribution >= 0.6 is 0 Å². The van der Waals surface area contributed by atoms with Crippen LogP contribution in [0.2, 0.25) is 0 Å². The highest BCUT2D eigenvalue weighted by atomic mass is 16.5. The SMILES string of the molecule is COC(=O)N1CCC(NCCCC2(O)CCC2)C1(C)C. The Kier molecular flexibility index (Phi) is 4.59. The van der Waals surface area contributed by atoms with E-state index in [-0.39, 0.29) is 23.3 Å². The second-order valence-electron chi connectivity index (χ2n) is 6.75. The van der Waals surface area contributed by atoms with Crippen LogP contribution in [0.4, 0.5) is 4.79 Å². The third kappa shape index (κ3) is 3.09. The van der Waals surface area contributed by atoms with Crippen LogP contribution in [-0.2, 0) is 4.74 Å². The van der Waals surface area contributed by atoms with E-state index < -0.39 is 0 Å². The fraction of sp³-hybridized carbons (Fsp3) is 0.933. The molecular formula is C15H28N2O3. The number of hydrogen-bond acceptors (Lipinski definition) is 4. The summed E-state index contributed by atoms with van der Waals surface area (Å²) in [6.07, 6.45) is 5.65. The highest BCUT2D eigenvalue weighted by Crippen LogP contribution is 2.35. The monoisotopic (exact) mass is 284 g/mol. The Morgan fingerprint density at radius 3 is 2.70 bits per heavy atom. The number of likely N-dealkylation sites (tertiary alicyclic amines) is 1. The summed E-state index contributed by atoms with van der Waals surface area (Å²) in [7, 11) is 1.43. The Balaban J connectivity index is 1.74. The third-order valence-corrected chi connectivity index (χ3v) is 5.08. The fourth-order valence-electron chi connectivity index (χ4n) is 3.40. The second kappa shape index (κ2) is 5.90. The molecule has 2 N–H and O–H groups in total. The minimum Gasteiger partial charge on any atom is -0.453 e. The van der Waals surface area contributed by atoms with Crippen LogP contribution in [-0.4, -0.2) is 53.5 Å². The lowest BCUT2D eigenvalue weighted by Crippen LogP contribution is -2.53. The number of nitrogens with zero attached hydrogens (tertiary/aromatic N) is 1.